The van der Waals surface area contributed by atoms with Gasteiger partial charge in [-0.05, 0) is 33.0 Å². The minimum absolute atomic E-state index is 0.291. The summed E-state index contributed by atoms with van der Waals surface area (Å²) in [6.07, 6.45) is -0.291. The molecule has 0 radical (unpaired) electrons. The monoisotopic (exact) mass is 183 g/mol. The van der Waals surface area contributed by atoms with Crippen LogP contribution in [0.15, 0.2) is 16.5 Å². The Morgan fingerprint density at radius 2 is 2.23 bits per heavy atom. The van der Waals surface area contributed by atoms with Crippen LogP contribution in [0.4, 0.5) is 0 Å². The molecule has 3 heteroatoms. The molecule has 74 valence electrons. The fourth-order valence-corrected chi connectivity index (χ4v) is 1.35. The summed E-state index contributed by atoms with van der Waals surface area (Å²) in [7, 11) is 1.96. The van der Waals surface area contributed by atoms with E-state index in [0.717, 1.165) is 18.1 Å². The number of aryl methyl sites for hydroxylation is 1. The molecule has 0 amide bonds. The van der Waals surface area contributed by atoms with Crippen LogP contribution in [-0.4, -0.2) is 29.7 Å². The van der Waals surface area contributed by atoms with Crippen LogP contribution in [0.25, 0.3) is 0 Å². The first-order valence-electron chi connectivity index (χ1n) is 4.50. The van der Waals surface area contributed by atoms with Gasteiger partial charge in [-0.2, -0.15) is 0 Å². The molecule has 0 bridgehead atoms. The molecule has 0 aliphatic rings. The number of likely N-dealkylation sites (N-methyl/N-ethyl adjacent to an activating group) is 1. The highest BCUT2D eigenvalue weighted by Crippen LogP contribution is 2.08. The largest absolute Gasteiger partial charge is 0.465 e. The van der Waals surface area contributed by atoms with Crippen molar-refractivity contribution in [2.45, 2.75) is 26.5 Å². The molecule has 0 aliphatic heterocycles. The molecule has 0 fully saturated rings. The van der Waals surface area contributed by atoms with Gasteiger partial charge in [-0.1, -0.05) is 0 Å². The summed E-state index contributed by atoms with van der Waals surface area (Å²) < 4.78 is 5.41. The second-order valence-electron chi connectivity index (χ2n) is 3.56. The molecule has 0 saturated heterocycles. The van der Waals surface area contributed by atoms with Crippen molar-refractivity contribution in [1.82, 2.24) is 4.90 Å². The van der Waals surface area contributed by atoms with E-state index in [1.165, 1.54) is 0 Å². The fourth-order valence-electron chi connectivity index (χ4n) is 1.35. The minimum Gasteiger partial charge on any atom is -0.465 e. The lowest BCUT2D eigenvalue weighted by atomic mass is 10.3. The fraction of sp³-hybridized carbons (Fsp3) is 0.600. The van der Waals surface area contributed by atoms with E-state index in [9.17, 15) is 0 Å². The molecule has 3 nitrogen and oxygen atoms in total. The van der Waals surface area contributed by atoms with Gasteiger partial charge in [0.05, 0.1) is 12.6 Å². The van der Waals surface area contributed by atoms with E-state index in [-0.39, 0.29) is 6.10 Å². The average Bonchev–Trinajstić information content (AvgIpc) is 2.33. The topological polar surface area (TPSA) is 36.6 Å². The molecule has 1 aromatic heterocycles. The number of furan rings is 1. The zero-order valence-corrected chi connectivity index (χ0v) is 8.45. The van der Waals surface area contributed by atoms with Crippen LogP contribution in [-0.2, 0) is 6.54 Å². The minimum atomic E-state index is -0.291. The van der Waals surface area contributed by atoms with Crippen LogP contribution < -0.4 is 0 Å². The maximum atomic E-state index is 9.13. The van der Waals surface area contributed by atoms with Crippen LogP contribution >= 0.6 is 0 Å². The zero-order valence-electron chi connectivity index (χ0n) is 8.45. The molecule has 0 aliphatic carbocycles. The first-order chi connectivity index (χ1) is 6.08. The number of rotatable bonds is 4. The summed E-state index contributed by atoms with van der Waals surface area (Å²) in [5.74, 6) is 1.88. The maximum Gasteiger partial charge on any atom is 0.118 e. The van der Waals surface area contributed by atoms with Crippen molar-refractivity contribution < 1.29 is 9.52 Å². The van der Waals surface area contributed by atoms with Gasteiger partial charge in [0.25, 0.3) is 0 Å². The van der Waals surface area contributed by atoms with Crippen LogP contribution in [0.2, 0.25) is 0 Å². The molecule has 1 heterocycles. The molecular formula is C10H17NO2. The molecule has 0 spiro atoms. The van der Waals surface area contributed by atoms with Gasteiger partial charge >= 0.3 is 0 Å². The van der Waals surface area contributed by atoms with Gasteiger partial charge in [0.15, 0.2) is 0 Å². The van der Waals surface area contributed by atoms with E-state index in [1.807, 2.05) is 31.0 Å². The molecule has 1 atom stereocenters. The van der Waals surface area contributed by atoms with Crippen LogP contribution in [0.5, 0.6) is 0 Å². The molecule has 1 N–H and O–H groups in total. The Labute approximate surface area is 79.0 Å². The normalized spacial score (nSPS) is 13.6. The third-order valence-electron chi connectivity index (χ3n) is 1.80. The molecule has 1 aromatic rings. The maximum absolute atomic E-state index is 9.13. The number of hydrogen-bond acceptors (Lipinski definition) is 3. The first kappa shape index (κ1) is 10.3. The van der Waals surface area contributed by atoms with Gasteiger partial charge in [0.2, 0.25) is 0 Å². The lowest BCUT2D eigenvalue weighted by Gasteiger charge is -2.16. The van der Waals surface area contributed by atoms with Crippen molar-refractivity contribution >= 4 is 0 Å². The summed E-state index contributed by atoms with van der Waals surface area (Å²) in [6.45, 7) is 5.13. The summed E-state index contributed by atoms with van der Waals surface area (Å²) in [5, 5.41) is 9.13. The lowest BCUT2D eigenvalue weighted by Crippen LogP contribution is -2.26. The summed E-state index contributed by atoms with van der Waals surface area (Å²) in [4.78, 5) is 2.03. The smallest absolute Gasteiger partial charge is 0.118 e. The number of aliphatic hydroxyl groups excluding tert-OH is 1. The number of hydrogen-bond donors (Lipinski definition) is 1. The van der Waals surface area contributed by atoms with E-state index < -0.39 is 0 Å². The van der Waals surface area contributed by atoms with E-state index in [2.05, 4.69) is 0 Å². The molecular weight excluding hydrogens is 166 g/mol. The van der Waals surface area contributed by atoms with Crippen LogP contribution in [0, 0.1) is 6.92 Å². The Morgan fingerprint density at radius 3 is 2.69 bits per heavy atom. The summed E-state index contributed by atoms with van der Waals surface area (Å²) >= 11 is 0. The Hall–Kier alpha value is -0.800. The van der Waals surface area contributed by atoms with Crippen molar-refractivity contribution in [2.75, 3.05) is 13.6 Å². The quantitative estimate of drug-likeness (QED) is 0.766. The third-order valence-corrected chi connectivity index (χ3v) is 1.80. The van der Waals surface area contributed by atoms with Gasteiger partial charge in [-0.3, -0.25) is 4.90 Å². The number of nitrogens with zero attached hydrogens (tertiary/aromatic N) is 1. The predicted molar refractivity (Wildman–Crippen MR) is 51.5 cm³/mol. The van der Waals surface area contributed by atoms with Crippen LogP contribution in [0.3, 0.4) is 0 Å². The van der Waals surface area contributed by atoms with Crippen molar-refractivity contribution in [1.29, 1.82) is 0 Å². The van der Waals surface area contributed by atoms with Crippen molar-refractivity contribution in [3.05, 3.63) is 23.7 Å². The number of aliphatic hydroxyl groups is 1. The van der Waals surface area contributed by atoms with E-state index in [4.69, 9.17) is 9.52 Å². The van der Waals surface area contributed by atoms with Gasteiger partial charge in [0.1, 0.15) is 11.5 Å². The first-order valence-corrected chi connectivity index (χ1v) is 4.50. The van der Waals surface area contributed by atoms with Gasteiger partial charge in [0, 0.05) is 6.54 Å². The second-order valence-corrected chi connectivity index (χ2v) is 3.56. The Kier molecular flexibility index (Phi) is 3.51. The summed E-state index contributed by atoms with van der Waals surface area (Å²) in [6, 6.07) is 3.92. The van der Waals surface area contributed by atoms with Crippen molar-refractivity contribution in [3.63, 3.8) is 0 Å². The molecule has 1 unspecified atom stereocenters. The van der Waals surface area contributed by atoms with Crippen molar-refractivity contribution in [3.8, 4) is 0 Å². The standard InChI is InChI=1S/C10H17NO2/c1-8(12)6-11(3)7-10-5-4-9(2)13-10/h4-5,8,12H,6-7H2,1-3H3. The van der Waals surface area contributed by atoms with Gasteiger partial charge in [-0.15, -0.1) is 0 Å². The molecule has 0 saturated carbocycles. The average molecular weight is 183 g/mol. The molecule has 13 heavy (non-hydrogen) atoms. The highest BCUT2D eigenvalue weighted by Gasteiger charge is 2.05. The Balaban J connectivity index is 2.40. The van der Waals surface area contributed by atoms with Gasteiger partial charge in [-0.25, -0.2) is 0 Å². The Bertz CT molecular complexity index is 255. The summed E-state index contributed by atoms with van der Waals surface area (Å²) in [5.41, 5.74) is 0. The van der Waals surface area contributed by atoms with Crippen molar-refractivity contribution in [2.24, 2.45) is 0 Å². The second kappa shape index (κ2) is 4.44. The zero-order chi connectivity index (χ0) is 9.84. The third kappa shape index (κ3) is 3.61. The van der Waals surface area contributed by atoms with E-state index in [1.54, 1.807) is 6.92 Å². The predicted octanol–water partition coefficient (Wildman–Crippen LogP) is 1.40. The lowest BCUT2D eigenvalue weighted by molar-refractivity contribution is 0.134. The highest BCUT2D eigenvalue weighted by atomic mass is 16.3. The SMILES string of the molecule is Cc1ccc(CN(C)CC(C)O)o1. The molecule has 1 rings (SSSR count). The van der Waals surface area contributed by atoms with E-state index in [0.29, 0.717) is 6.54 Å². The molecule has 0 aromatic carbocycles. The van der Waals surface area contributed by atoms with Gasteiger partial charge < -0.3 is 9.52 Å². The van der Waals surface area contributed by atoms with Crippen LogP contribution in [0.1, 0.15) is 18.4 Å². The Morgan fingerprint density at radius 1 is 1.54 bits per heavy atom. The van der Waals surface area contributed by atoms with E-state index >= 15 is 0 Å². The highest BCUT2D eigenvalue weighted by molar-refractivity contribution is 5.05.